The van der Waals surface area contributed by atoms with Crippen LogP contribution in [0.2, 0.25) is 0 Å². The van der Waals surface area contributed by atoms with Gasteiger partial charge in [-0.3, -0.25) is 9.59 Å². The first kappa shape index (κ1) is 23.8. The number of nitrogens with two attached hydrogens (primary N) is 2. The van der Waals surface area contributed by atoms with E-state index in [1.807, 2.05) is 0 Å². The number of nitrogens with one attached hydrogen (secondary N) is 1. The van der Waals surface area contributed by atoms with Gasteiger partial charge >= 0.3 is 12.1 Å². The molecule has 0 saturated heterocycles. The van der Waals surface area contributed by atoms with Gasteiger partial charge in [0.25, 0.3) is 5.91 Å². The number of hydrogen-bond donors (Lipinski definition) is 3. The van der Waals surface area contributed by atoms with E-state index in [9.17, 15) is 31.9 Å². The normalized spacial score (nSPS) is 12.2. The highest BCUT2D eigenvalue weighted by atomic mass is 19.4. The van der Waals surface area contributed by atoms with Gasteiger partial charge in [-0.1, -0.05) is 30.3 Å². The van der Waals surface area contributed by atoms with Crippen LogP contribution in [-0.4, -0.2) is 30.0 Å². The highest BCUT2D eigenvalue weighted by molar-refractivity contribution is 5.97. The number of amides is 2. The molecule has 166 valence electrons. The number of ether oxygens (including phenoxy) is 1. The number of halogens is 4. The van der Waals surface area contributed by atoms with Crippen LogP contribution < -0.4 is 21.5 Å². The van der Waals surface area contributed by atoms with E-state index in [1.54, 1.807) is 6.07 Å². The summed E-state index contributed by atoms with van der Waals surface area (Å²) in [5.41, 5.74) is 10.8. The van der Waals surface area contributed by atoms with Crippen LogP contribution in [0.4, 0.5) is 17.6 Å². The van der Waals surface area contributed by atoms with Crippen molar-refractivity contribution >= 4 is 17.8 Å². The molecule has 0 saturated carbocycles. The van der Waals surface area contributed by atoms with Gasteiger partial charge < -0.3 is 21.5 Å². The number of hydrogen-bond acceptors (Lipinski definition) is 5. The summed E-state index contributed by atoms with van der Waals surface area (Å²) in [6.07, 6.45) is -5.42. The predicted octanol–water partition coefficient (Wildman–Crippen LogP) is 1.97. The molecule has 2 rings (SSSR count). The van der Waals surface area contributed by atoms with Crippen molar-refractivity contribution in [2.45, 2.75) is 31.6 Å². The lowest BCUT2D eigenvalue weighted by molar-refractivity contribution is -0.189. The standard InChI is InChI=1S/C20H19F4N3O4/c21-15-7-2-1-4-11(15)8-13(25)9-16(28)27-10-12-5-3-6-14(18(26)29)17(12)31-19(30)20(22,23)24/h1-7,13H,8-10,25H2,(H2,26,29)(H,27,28)/t13-/m1/s1. The Bertz CT molecular complexity index is 979. The molecule has 0 heterocycles. The van der Waals surface area contributed by atoms with Crippen molar-refractivity contribution in [2.24, 2.45) is 11.5 Å². The number of alkyl halides is 3. The monoisotopic (exact) mass is 441 g/mol. The Morgan fingerprint density at radius 2 is 1.68 bits per heavy atom. The zero-order valence-corrected chi connectivity index (χ0v) is 16.0. The SMILES string of the molecule is NC(=O)c1cccc(CNC(=O)C[C@H](N)Cc2ccccc2F)c1OC(=O)C(F)(F)F. The zero-order chi connectivity index (χ0) is 23.2. The summed E-state index contributed by atoms with van der Waals surface area (Å²) in [4.78, 5) is 34.9. The van der Waals surface area contributed by atoms with Crippen LogP contribution in [-0.2, 0) is 22.6 Å². The van der Waals surface area contributed by atoms with Crippen LogP contribution in [0.5, 0.6) is 5.75 Å². The van der Waals surface area contributed by atoms with Gasteiger partial charge in [0, 0.05) is 24.6 Å². The maximum atomic E-state index is 13.7. The van der Waals surface area contributed by atoms with Gasteiger partial charge in [0.05, 0.1) is 5.56 Å². The van der Waals surface area contributed by atoms with Crippen LogP contribution in [0.25, 0.3) is 0 Å². The van der Waals surface area contributed by atoms with Gasteiger partial charge in [0.1, 0.15) is 11.6 Å². The molecule has 1 atom stereocenters. The Labute approximate surface area is 174 Å². The summed E-state index contributed by atoms with van der Waals surface area (Å²) in [5.74, 6) is -5.40. The van der Waals surface area contributed by atoms with Crippen LogP contribution in [0, 0.1) is 5.82 Å². The van der Waals surface area contributed by atoms with E-state index >= 15 is 0 Å². The van der Waals surface area contributed by atoms with E-state index in [-0.39, 0.29) is 24.9 Å². The van der Waals surface area contributed by atoms with Crippen LogP contribution in [0.15, 0.2) is 42.5 Å². The quantitative estimate of drug-likeness (QED) is 0.328. The minimum atomic E-state index is -5.30. The first-order valence-corrected chi connectivity index (χ1v) is 8.95. The highest BCUT2D eigenvalue weighted by Crippen LogP contribution is 2.27. The molecule has 0 aliphatic carbocycles. The molecule has 0 unspecified atom stereocenters. The third kappa shape index (κ3) is 6.78. The molecule has 0 aromatic heterocycles. The highest BCUT2D eigenvalue weighted by Gasteiger charge is 2.42. The second-order valence-electron chi connectivity index (χ2n) is 6.58. The molecule has 2 aromatic rings. The second kappa shape index (κ2) is 10.0. The van der Waals surface area contributed by atoms with E-state index in [1.165, 1.54) is 30.3 Å². The van der Waals surface area contributed by atoms with Crippen molar-refractivity contribution in [3.63, 3.8) is 0 Å². The minimum absolute atomic E-state index is 0.0788. The fourth-order valence-electron chi connectivity index (χ4n) is 2.71. The second-order valence-corrected chi connectivity index (χ2v) is 6.58. The Hall–Kier alpha value is -3.47. The molecule has 31 heavy (non-hydrogen) atoms. The Morgan fingerprint density at radius 3 is 2.29 bits per heavy atom. The van der Waals surface area contributed by atoms with Gasteiger partial charge in [-0.2, -0.15) is 13.2 Å². The molecule has 0 fully saturated rings. The van der Waals surface area contributed by atoms with Crippen molar-refractivity contribution in [3.8, 4) is 5.75 Å². The van der Waals surface area contributed by atoms with E-state index in [4.69, 9.17) is 11.5 Å². The van der Waals surface area contributed by atoms with E-state index in [0.29, 0.717) is 5.56 Å². The predicted molar refractivity (Wildman–Crippen MR) is 101 cm³/mol. The van der Waals surface area contributed by atoms with Crippen LogP contribution in [0.1, 0.15) is 27.9 Å². The summed E-state index contributed by atoms with van der Waals surface area (Å²) in [5, 5.41) is 2.41. The molecule has 0 aliphatic heterocycles. The van der Waals surface area contributed by atoms with E-state index < -0.39 is 47.1 Å². The largest absolute Gasteiger partial charge is 0.491 e. The molecule has 7 nitrogen and oxygen atoms in total. The molecule has 0 spiro atoms. The van der Waals surface area contributed by atoms with Crippen LogP contribution >= 0.6 is 0 Å². The average Bonchev–Trinajstić information content (AvgIpc) is 2.67. The van der Waals surface area contributed by atoms with Crippen molar-refractivity contribution < 1.29 is 36.7 Å². The fourth-order valence-corrected chi connectivity index (χ4v) is 2.71. The van der Waals surface area contributed by atoms with Crippen molar-refractivity contribution in [1.29, 1.82) is 0 Å². The third-order valence-electron chi connectivity index (χ3n) is 4.15. The Kier molecular flexibility index (Phi) is 7.70. The fraction of sp³-hybridized carbons (Fsp3) is 0.250. The molecule has 2 aromatic carbocycles. The number of primary amides is 1. The van der Waals surface area contributed by atoms with Crippen molar-refractivity contribution in [2.75, 3.05) is 0 Å². The number of para-hydroxylation sites is 1. The summed E-state index contributed by atoms with van der Waals surface area (Å²) in [6.45, 7) is -0.368. The van der Waals surface area contributed by atoms with Crippen molar-refractivity contribution in [1.82, 2.24) is 5.32 Å². The lowest BCUT2D eigenvalue weighted by Crippen LogP contribution is -2.33. The number of esters is 1. The molecule has 11 heteroatoms. The first-order valence-electron chi connectivity index (χ1n) is 8.95. The Morgan fingerprint density at radius 1 is 1.03 bits per heavy atom. The minimum Gasteiger partial charge on any atom is -0.419 e. The zero-order valence-electron chi connectivity index (χ0n) is 16.0. The molecule has 0 radical (unpaired) electrons. The molecule has 0 bridgehead atoms. The van der Waals surface area contributed by atoms with Gasteiger partial charge in [-0.05, 0) is 24.1 Å². The van der Waals surface area contributed by atoms with Gasteiger partial charge in [0.2, 0.25) is 5.91 Å². The van der Waals surface area contributed by atoms with Crippen LogP contribution in [0.3, 0.4) is 0 Å². The molecule has 5 N–H and O–H groups in total. The number of benzene rings is 2. The third-order valence-corrected chi connectivity index (χ3v) is 4.15. The Balaban J connectivity index is 2.07. The lowest BCUT2D eigenvalue weighted by Gasteiger charge is -2.16. The first-order chi connectivity index (χ1) is 14.5. The van der Waals surface area contributed by atoms with Gasteiger partial charge in [0.15, 0.2) is 0 Å². The summed E-state index contributed by atoms with van der Waals surface area (Å²) in [6, 6.07) is 8.84. The maximum absolute atomic E-state index is 13.7. The number of rotatable bonds is 8. The average molecular weight is 441 g/mol. The summed E-state index contributed by atoms with van der Waals surface area (Å²) in [7, 11) is 0. The van der Waals surface area contributed by atoms with Crippen molar-refractivity contribution in [3.05, 3.63) is 65.0 Å². The maximum Gasteiger partial charge on any atom is 0.491 e. The number of carbonyl (C=O) groups is 3. The lowest BCUT2D eigenvalue weighted by atomic mass is 10.0. The van der Waals surface area contributed by atoms with E-state index in [0.717, 1.165) is 6.07 Å². The summed E-state index contributed by atoms with van der Waals surface area (Å²) >= 11 is 0. The smallest absolute Gasteiger partial charge is 0.419 e. The van der Waals surface area contributed by atoms with Gasteiger partial charge in [-0.15, -0.1) is 0 Å². The van der Waals surface area contributed by atoms with Gasteiger partial charge in [-0.25, -0.2) is 9.18 Å². The molecule has 2 amide bonds. The molecular weight excluding hydrogens is 422 g/mol. The van der Waals surface area contributed by atoms with E-state index in [2.05, 4.69) is 10.1 Å². The topological polar surface area (TPSA) is 125 Å². The molecule has 0 aliphatic rings. The molecular formula is C20H19F4N3O4. The number of carbonyl (C=O) groups excluding carboxylic acids is 3. The summed E-state index contributed by atoms with van der Waals surface area (Å²) < 4.78 is 55.7.